The quantitative estimate of drug-likeness (QED) is 0.367. The minimum atomic E-state index is -0.225. The number of carbonyl (C=O) groups excluding carboxylic acids is 1. The average molecular weight is 480 g/mol. The van der Waals surface area contributed by atoms with Crippen molar-refractivity contribution in [1.82, 2.24) is 33.9 Å². The van der Waals surface area contributed by atoms with Crippen molar-refractivity contribution in [2.45, 2.75) is 31.8 Å². The second-order valence-corrected chi connectivity index (χ2v) is 9.05. The first-order valence-electron chi connectivity index (χ1n) is 10.6. The summed E-state index contributed by atoms with van der Waals surface area (Å²) >= 11 is 12.7. The van der Waals surface area contributed by atoms with E-state index in [1.54, 1.807) is 29.5 Å². The standard InChI is InChI=1S/C23H19Cl2N7O/c24-16-5-6-30-13-27-19(20(30)7-16)9-26-23(33)15-8-28-31(10-15)11-17-12-32-21(29-17)4-3-18(22(32)25)14-1-2-14/h3-8,10,12-14H,1-2,9,11H2,(H,26,33). The first-order valence-corrected chi connectivity index (χ1v) is 11.4. The molecule has 1 amide bonds. The Hall–Kier alpha value is -3.36. The molecule has 0 aromatic carbocycles. The SMILES string of the molecule is O=C(NCc1ncn2ccc(Cl)cc12)c1cnn(Cc2cn3c(Cl)c(C4CC4)ccc3n2)c1. The molecule has 1 aliphatic carbocycles. The van der Waals surface area contributed by atoms with Gasteiger partial charge in [-0.3, -0.25) is 13.9 Å². The summed E-state index contributed by atoms with van der Waals surface area (Å²) in [6.45, 7) is 0.726. The van der Waals surface area contributed by atoms with E-state index in [0.717, 1.165) is 27.7 Å². The Kier molecular flexibility index (Phi) is 4.85. The lowest BCUT2D eigenvalue weighted by atomic mass is 10.2. The lowest BCUT2D eigenvalue weighted by Crippen LogP contribution is -2.22. The number of amides is 1. The number of aromatic nitrogens is 6. The fourth-order valence-electron chi connectivity index (χ4n) is 4.02. The fraction of sp³-hybridized carbons (Fsp3) is 0.217. The summed E-state index contributed by atoms with van der Waals surface area (Å²) in [5, 5.41) is 8.56. The van der Waals surface area contributed by atoms with Gasteiger partial charge in [-0.05, 0) is 42.5 Å². The van der Waals surface area contributed by atoms with Gasteiger partial charge >= 0.3 is 0 Å². The van der Waals surface area contributed by atoms with E-state index >= 15 is 0 Å². The van der Waals surface area contributed by atoms with Gasteiger partial charge in [-0.25, -0.2) is 9.97 Å². The highest BCUT2D eigenvalue weighted by molar-refractivity contribution is 6.31. The Morgan fingerprint density at radius 1 is 1.18 bits per heavy atom. The number of fused-ring (bicyclic) bond motifs is 2. The van der Waals surface area contributed by atoms with Crippen LogP contribution in [0.4, 0.5) is 0 Å². The Bertz CT molecular complexity index is 1510. The molecule has 1 saturated carbocycles. The Balaban J connectivity index is 1.15. The Morgan fingerprint density at radius 3 is 2.91 bits per heavy atom. The third kappa shape index (κ3) is 3.85. The molecule has 0 bridgehead atoms. The van der Waals surface area contributed by atoms with Crippen molar-refractivity contribution in [3.63, 3.8) is 0 Å². The van der Waals surface area contributed by atoms with E-state index in [-0.39, 0.29) is 12.5 Å². The van der Waals surface area contributed by atoms with Gasteiger partial charge in [-0.1, -0.05) is 29.3 Å². The van der Waals surface area contributed by atoms with E-state index in [4.69, 9.17) is 23.2 Å². The van der Waals surface area contributed by atoms with Crippen LogP contribution in [0, 0.1) is 0 Å². The number of imidazole rings is 2. The molecule has 5 aromatic heterocycles. The summed E-state index contributed by atoms with van der Waals surface area (Å²) in [4.78, 5) is 21.6. The molecule has 1 N–H and O–H groups in total. The van der Waals surface area contributed by atoms with Crippen LogP contribution < -0.4 is 5.32 Å². The first-order chi connectivity index (χ1) is 16.0. The number of nitrogens with one attached hydrogen (secondary N) is 1. The lowest BCUT2D eigenvalue weighted by Gasteiger charge is -2.04. The van der Waals surface area contributed by atoms with Crippen LogP contribution >= 0.6 is 23.2 Å². The molecule has 1 aliphatic rings. The highest BCUT2D eigenvalue weighted by Crippen LogP contribution is 2.43. The minimum Gasteiger partial charge on any atom is -0.346 e. The molecular weight excluding hydrogens is 461 g/mol. The van der Waals surface area contributed by atoms with Crippen LogP contribution in [-0.4, -0.2) is 34.5 Å². The third-order valence-corrected chi connectivity index (χ3v) is 6.51. The van der Waals surface area contributed by atoms with Gasteiger partial charge < -0.3 is 9.72 Å². The molecule has 0 unspecified atom stereocenters. The number of pyridine rings is 2. The van der Waals surface area contributed by atoms with E-state index < -0.39 is 0 Å². The maximum atomic E-state index is 12.6. The Labute approximate surface area is 198 Å². The zero-order valence-corrected chi connectivity index (χ0v) is 19.0. The predicted molar refractivity (Wildman–Crippen MR) is 125 cm³/mol. The molecule has 166 valence electrons. The molecule has 1 fully saturated rings. The third-order valence-electron chi connectivity index (χ3n) is 5.88. The molecule has 0 aliphatic heterocycles. The molecular formula is C23H19Cl2N7O. The number of halogens is 2. The molecule has 0 saturated heterocycles. The highest BCUT2D eigenvalue weighted by Gasteiger charge is 2.27. The molecule has 33 heavy (non-hydrogen) atoms. The van der Waals surface area contributed by atoms with Gasteiger partial charge in [0.15, 0.2) is 0 Å². The van der Waals surface area contributed by atoms with E-state index in [2.05, 4.69) is 26.4 Å². The number of nitrogens with zero attached hydrogens (tertiary/aromatic N) is 6. The number of hydrogen-bond donors (Lipinski definition) is 1. The summed E-state index contributed by atoms with van der Waals surface area (Å²) in [6, 6.07) is 7.68. The molecule has 0 spiro atoms. The number of carbonyl (C=O) groups is 1. The van der Waals surface area contributed by atoms with Crippen molar-refractivity contribution in [1.29, 1.82) is 0 Å². The van der Waals surface area contributed by atoms with Gasteiger partial charge in [-0.15, -0.1) is 0 Å². The number of rotatable bonds is 6. The zero-order chi connectivity index (χ0) is 22.5. The highest BCUT2D eigenvalue weighted by atomic mass is 35.5. The van der Waals surface area contributed by atoms with Crippen molar-refractivity contribution in [2.75, 3.05) is 0 Å². The maximum absolute atomic E-state index is 12.6. The van der Waals surface area contributed by atoms with Crippen LogP contribution in [0.1, 0.15) is 46.1 Å². The van der Waals surface area contributed by atoms with Gasteiger partial charge in [-0.2, -0.15) is 5.10 Å². The second-order valence-electron chi connectivity index (χ2n) is 8.25. The normalized spacial score (nSPS) is 13.8. The molecule has 0 radical (unpaired) electrons. The first kappa shape index (κ1) is 20.3. The summed E-state index contributed by atoms with van der Waals surface area (Å²) in [5.74, 6) is 0.341. The summed E-state index contributed by atoms with van der Waals surface area (Å²) < 4.78 is 5.47. The molecule has 5 aromatic rings. The van der Waals surface area contributed by atoms with Crippen LogP contribution in [0.25, 0.3) is 11.2 Å². The van der Waals surface area contributed by atoms with Crippen LogP contribution in [0.3, 0.4) is 0 Å². The maximum Gasteiger partial charge on any atom is 0.254 e. The van der Waals surface area contributed by atoms with Gasteiger partial charge in [0, 0.05) is 23.6 Å². The molecule has 0 atom stereocenters. The largest absolute Gasteiger partial charge is 0.346 e. The van der Waals surface area contributed by atoms with Crippen molar-refractivity contribution >= 4 is 40.3 Å². The molecule has 5 heterocycles. The predicted octanol–water partition coefficient (Wildman–Crippen LogP) is 4.34. The van der Waals surface area contributed by atoms with Gasteiger partial charge in [0.1, 0.15) is 10.8 Å². The summed E-state index contributed by atoms with van der Waals surface area (Å²) in [5.41, 5.74) is 4.87. The van der Waals surface area contributed by atoms with Crippen LogP contribution in [0.5, 0.6) is 0 Å². The monoisotopic (exact) mass is 479 g/mol. The minimum absolute atomic E-state index is 0.225. The van der Waals surface area contributed by atoms with Crippen molar-refractivity contribution in [2.24, 2.45) is 0 Å². The summed E-state index contributed by atoms with van der Waals surface area (Å²) in [7, 11) is 0. The smallest absolute Gasteiger partial charge is 0.254 e. The Morgan fingerprint density at radius 2 is 2.06 bits per heavy atom. The van der Waals surface area contributed by atoms with Crippen LogP contribution in [0.2, 0.25) is 10.2 Å². The van der Waals surface area contributed by atoms with E-state index in [1.165, 1.54) is 18.4 Å². The zero-order valence-electron chi connectivity index (χ0n) is 17.4. The van der Waals surface area contributed by atoms with E-state index in [1.807, 2.05) is 33.3 Å². The van der Waals surface area contributed by atoms with Gasteiger partial charge in [0.05, 0.1) is 48.1 Å². The fourth-order valence-corrected chi connectivity index (χ4v) is 4.53. The van der Waals surface area contributed by atoms with Gasteiger partial charge in [0.25, 0.3) is 5.91 Å². The van der Waals surface area contributed by atoms with Gasteiger partial charge in [0.2, 0.25) is 0 Å². The topological polar surface area (TPSA) is 81.5 Å². The van der Waals surface area contributed by atoms with Crippen molar-refractivity contribution < 1.29 is 4.79 Å². The molecule has 6 rings (SSSR count). The van der Waals surface area contributed by atoms with Crippen LogP contribution in [-0.2, 0) is 13.1 Å². The summed E-state index contributed by atoms with van der Waals surface area (Å²) in [6.07, 6.45) is 11.1. The second kappa shape index (κ2) is 7.90. The van der Waals surface area contributed by atoms with E-state index in [9.17, 15) is 4.79 Å². The molecule has 10 heteroatoms. The average Bonchev–Trinajstić information content (AvgIpc) is 3.20. The lowest BCUT2D eigenvalue weighted by molar-refractivity contribution is 0.0950. The number of hydrogen-bond acceptors (Lipinski definition) is 4. The van der Waals surface area contributed by atoms with E-state index in [0.29, 0.717) is 23.0 Å². The molecule has 8 nitrogen and oxygen atoms in total. The van der Waals surface area contributed by atoms with Crippen molar-refractivity contribution in [3.05, 3.63) is 88.1 Å². The van der Waals surface area contributed by atoms with Crippen molar-refractivity contribution in [3.8, 4) is 0 Å². The van der Waals surface area contributed by atoms with Crippen LogP contribution in [0.15, 0.2) is 55.4 Å².